The van der Waals surface area contributed by atoms with Crippen LogP contribution in [0.3, 0.4) is 0 Å². The molecule has 1 aliphatic carbocycles. The fourth-order valence-corrected chi connectivity index (χ4v) is 4.91. The lowest BCUT2D eigenvalue weighted by Gasteiger charge is -2.12. The summed E-state index contributed by atoms with van der Waals surface area (Å²) in [5.74, 6) is 3.13. The van der Waals surface area contributed by atoms with Gasteiger partial charge in [-0.3, -0.25) is 4.79 Å². The van der Waals surface area contributed by atoms with Crippen LogP contribution in [0.2, 0.25) is 0 Å². The monoisotopic (exact) mass is 457 g/mol. The average Bonchev–Trinajstić information content (AvgIpc) is 3.54. The van der Waals surface area contributed by atoms with Crippen molar-refractivity contribution in [2.75, 3.05) is 6.61 Å². The largest absolute Gasteiger partial charge is 0.493 e. The third-order valence-corrected chi connectivity index (χ3v) is 6.97. The van der Waals surface area contributed by atoms with Crippen LogP contribution in [0.1, 0.15) is 38.3 Å². The molecule has 0 bridgehead atoms. The maximum absolute atomic E-state index is 11.4. The first-order valence-corrected chi connectivity index (χ1v) is 12.2. The van der Waals surface area contributed by atoms with Crippen LogP contribution in [0.15, 0.2) is 72.8 Å². The van der Waals surface area contributed by atoms with Crippen molar-refractivity contribution in [2.45, 2.75) is 32.7 Å². The number of hydrogen-bond acceptors (Lipinski definition) is 4. The number of benzene rings is 3. The molecule has 1 unspecified atom stereocenters. The van der Waals surface area contributed by atoms with Gasteiger partial charge in [-0.15, -0.1) is 11.3 Å². The first kappa shape index (κ1) is 21.5. The molecule has 33 heavy (non-hydrogen) atoms. The van der Waals surface area contributed by atoms with Gasteiger partial charge in [0.25, 0.3) is 0 Å². The lowest BCUT2D eigenvalue weighted by atomic mass is 10.1. The molecule has 0 saturated heterocycles. The molecule has 4 nitrogen and oxygen atoms in total. The summed E-state index contributed by atoms with van der Waals surface area (Å²) >= 11 is 1.76. The molecule has 1 aromatic heterocycles. The highest BCUT2D eigenvalue weighted by Gasteiger charge is 2.21. The molecule has 1 saturated carbocycles. The third-order valence-electron chi connectivity index (χ3n) is 5.83. The second kappa shape index (κ2) is 9.28. The first-order valence-electron chi connectivity index (χ1n) is 11.4. The van der Waals surface area contributed by atoms with Crippen molar-refractivity contribution in [1.82, 2.24) is 5.32 Å². The molecule has 0 aliphatic heterocycles. The minimum Gasteiger partial charge on any atom is -0.493 e. The molecule has 4 aromatic rings. The molecule has 1 atom stereocenters. The van der Waals surface area contributed by atoms with Crippen LogP contribution >= 0.6 is 11.3 Å². The van der Waals surface area contributed by atoms with Gasteiger partial charge < -0.3 is 14.8 Å². The Kier molecular flexibility index (Phi) is 6.05. The molecule has 1 amide bonds. The molecule has 1 heterocycles. The van der Waals surface area contributed by atoms with Crippen molar-refractivity contribution in [2.24, 2.45) is 5.92 Å². The minimum atomic E-state index is -0.0192. The topological polar surface area (TPSA) is 47.6 Å². The van der Waals surface area contributed by atoms with Gasteiger partial charge >= 0.3 is 0 Å². The predicted molar refractivity (Wildman–Crippen MR) is 134 cm³/mol. The van der Waals surface area contributed by atoms with Crippen LogP contribution in [0.4, 0.5) is 0 Å². The van der Waals surface area contributed by atoms with Gasteiger partial charge in [0.1, 0.15) is 17.2 Å². The number of rotatable bonds is 8. The van der Waals surface area contributed by atoms with E-state index in [4.69, 9.17) is 9.47 Å². The van der Waals surface area contributed by atoms with Gasteiger partial charge in [-0.05, 0) is 90.7 Å². The number of carbonyl (C=O) groups is 1. The van der Waals surface area contributed by atoms with Gasteiger partial charge in [-0.25, -0.2) is 0 Å². The maximum Gasteiger partial charge on any atom is 0.217 e. The van der Waals surface area contributed by atoms with Crippen LogP contribution < -0.4 is 14.8 Å². The number of carbonyl (C=O) groups excluding carboxylic acids is 1. The SMILES string of the molecule is CC(=O)NC(C)c1ccc2cc(-c3ccc(Oc4cccc(OCC5CC5)c4)cc3)sc2c1. The molecule has 5 rings (SSSR count). The van der Waals surface area contributed by atoms with Crippen molar-refractivity contribution >= 4 is 27.3 Å². The third kappa shape index (κ3) is 5.37. The van der Waals surface area contributed by atoms with Crippen molar-refractivity contribution in [1.29, 1.82) is 0 Å². The van der Waals surface area contributed by atoms with Gasteiger partial charge in [-0.2, -0.15) is 0 Å². The van der Waals surface area contributed by atoms with Crippen LogP contribution in [0.5, 0.6) is 17.2 Å². The zero-order valence-corrected chi connectivity index (χ0v) is 19.7. The zero-order chi connectivity index (χ0) is 22.8. The molecular weight excluding hydrogens is 430 g/mol. The Morgan fingerprint density at radius 1 is 1.00 bits per heavy atom. The summed E-state index contributed by atoms with van der Waals surface area (Å²) in [6.07, 6.45) is 2.55. The first-order chi connectivity index (χ1) is 16.0. The highest BCUT2D eigenvalue weighted by atomic mass is 32.1. The second-order valence-electron chi connectivity index (χ2n) is 8.69. The van der Waals surface area contributed by atoms with E-state index < -0.39 is 0 Å². The molecule has 1 fully saturated rings. The fourth-order valence-electron chi connectivity index (χ4n) is 3.80. The van der Waals surface area contributed by atoms with Crippen LogP contribution in [-0.4, -0.2) is 12.5 Å². The number of fused-ring (bicyclic) bond motifs is 1. The highest BCUT2D eigenvalue weighted by molar-refractivity contribution is 7.22. The van der Waals surface area contributed by atoms with Crippen molar-refractivity contribution in [3.05, 3.63) is 78.4 Å². The average molecular weight is 458 g/mol. The Hall–Kier alpha value is -3.31. The Bertz CT molecular complexity index is 1270. The van der Waals surface area contributed by atoms with Crippen LogP contribution in [-0.2, 0) is 4.79 Å². The van der Waals surface area contributed by atoms with E-state index in [1.807, 2.05) is 43.3 Å². The summed E-state index contributed by atoms with van der Waals surface area (Å²) in [6, 6.07) is 24.6. The fraction of sp³-hybridized carbons (Fsp3) is 0.250. The van der Waals surface area contributed by atoms with E-state index in [0.717, 1.165) is 40.9 Å². The standard InChI is InChI=1S/C28H27NO3S/c1-18(29-19(2)30)22-8-9-23-15-27(33-28(23)14-22)21-10-12-24(13-11-21)32-26-5-3-4-25(16-26)31-17-20-6-7-20/h3-5,8-16,18,20H,6-7,17H2,1-2H3,(H,29,30). The molecule has 5 heteroatoms. The van der Waals surface area contributed by atoms with Gasteiger partial charge in [0.2, 0.25) is 5.91 Å². The van der Waals surface area contributed by atoms with Crippen molar-refractivity contribution in [3.8, 4) is 27.7 Å². The second-order valence-corrected chi connectivity index (χ2v) is 9.77. The molecule has 1 N–H and O–H groups in total. The van der Waals surface area contributed by atoms with Crippen LogP contribution in [0, 0.1) is 5.92 Å². The molecule has 1 aliphatic rings. The van der Waals surface area contributed by atoms with Gasteiger partial charge in [0.05, 0.1) is 12.6 Å². The smallest absolute Gasteiger partial charge is 0.217 e. The molecule has 168 valence electrons. The Balaban J connectivity index is 1.29. The number of nitrogens with one attached hydrogen (secondary N) is 1. The summed E-state index contributed by atoms with van der Waals surface area (Å²) < 4.78 is 13.1. The number of hydrogen-bond donors (Lipinski definition) is 1. The maximum atomic E-state index is 11.4. The normalized spacial score (nSPS) is 14.1. The zero-order valence-electron chi connectivity index (χ0n) is 18.8. The number of thiophene rings is 1. The molecule has 0 radical (unpaired) electrons. The van der Waals surface area contributed by atoms with Gasteiger partial charge in [-0.1, -0.05) is 18.2 Å². The summed E-state index contributed by atoms with van der Waals surface area (Å²) in [4.78, 5) is 12.6. The Morgan fingerprint density at radius 2 is 1.79 bits per heavy atom. The van der Waals surface area contributed by atoms with E-state index in [-0.39, 0.29) is 11.9 Å². The van der Waals surface area contributed by atoms with Gasteiger partial charge in [0, 0.05) is 22.6 Å². The van der Waals surface area contributed by atoms with Crippen LogP contribution in [0.25, 0.3) is 20.5 Å². The predicted octanol–water partition coefficient (Wildman–Crippen LogP) is 7.35. The summed E-state index contributed by atoms with van der Waals surface area (Å²) in [5.41, 5.74) is 2.26. The Labute approximate surface area is 198 Å². The lowest BCUT2D eigenvalue weighted by molar-refractivity contribution is -0.119. The molecule has 0 spiro atoms. The molecule has 3 aromatic carbocycles. The summed E-state index contributed by atoms with van der Waals surface area (Å²) in [5, 5.41) is 4.16. The van der Waals surface area contributed by atoms with E-state index in [2.05, 4.69) is 41.7 Å². The number of amides is 1. The van der Waals surface area contributed by atoms with Crippen molar-refractivity contribution in [3.63, 3.8) is 0 Å². The van der Waals surface area contributed by atoms with Gasteiger partial charge in [0.15, 0.2) is 0 Å². The highest BCUT2D eigenvalue weighted by Crippen LogP contribution is 2.36. The van der Waals surface area contributed by atoms with E-state index in [0.29, 0.717) is 0 Å². The van der Waals surface area contributed by atoms with E-state index in [9.17, 15) is 4.79 Å². The summed E-state index contributed by atoms with van der Waals surface area (Å²) in [7, 11) is 0. The Morgan fingerprint density at radius 3 is 2.55 bits per heavy atom. The minimum absolute atomic E-state index is 0.00788. The quantitative estimate of drug-likeness (QED) is 0.301. The lowest BCUT2D eigenvalue weighted by Crippen LogP contribution is -2.23. The van der Waals surface area contributed by atoms with E-state index >= 15 is 0 Å². The van der Waals surface area contributed by atoms with E-state index in [1.165, 1.54) is 27.8 Å². The van der Waals surface area contributed by atoms with E-state index in [1.54, 1.807) is 18.3 Å². The number of ether oxygens (including phenoxy) is 2. The molecular formula is C28H27NO3S. The summed E-state index contributed by atoms with van der Waals surface area (Å²) in [6.45, 7) is 4.34. The van der Waals surface area contributed by atoms with Crippen molar-refractivity contribution < 1.29 is 14.3 Å².